The highest BCUT2D eigenvalue weighted by atomic mass is 31.2. The van der Waals surface area contributed by atoms with Gasteiger partial charge < -0.3 is 44.6 Å². The Bertz CT molecular complexity index is 1570. The number of H-pyrrole nitrogens is 1. The average molecular weight is 743 g/mol. The first kappa shape index (κ1) is 40.4. The van der Waals surface area contributed by atoms with E-state index in [1.54, 1.807) is 0 Å². The number of halogens is 1. The van der Waals surface area contributed by atoms with Crippen molar-refractivity contribution in [3.05, 3.63) is 33.1 Å². The number of aliphatic hydroxyl groups is 1. The van der Waals surface area contributed by atoms with Crippen molar-refractivity contribution in [2.75, 3.05) is 20.3 Å². The van der Waals surface area contributed by atoms with Crippen molar-refractivity contribution in [3.8, 4) is 0 Å². The minimum Gasteiger partial charge on any atom is -0.448 e. The van der Waals surface area contributed by atoms with Gasteiger partial charge in [-0.2, -0.15) is 0 Å². The molecule has 50 heavy (non-hydrogen) atoms. The van der Waals surface area contributed by atoms with Crippen LogP contribution in [-0.2, 0) is 51.4 Å². The average Bonchev–Trinajstić information content (AvgIpc) is 3.44. The molecule has 0 radical (unpaired) electrons. The predicted octanol–water partition coefficient (Wildman–Crippen LogP) is 1.08. The van der Waals surface area contributed by atoms with Crippen molar-refractivity contribution in [2.45, 2.75) is 95.9 Å². The quantitative estimate of drug-likeness (QED) is 0.0797. The summed E-state index contributed by atoms with van der Waals surface area (Å²) in [4.78, 5) is 75.3. The predicted molar refractivity (Wildman–Crippen MR) is 161 cm³/mol. The summed E-state index contributed by atoms with van der Waals surface area (Å²) in [5, 5.41) is 14.1. The first-order chi connectivity index (χ1) is 23.2. The molecule has 2 amide bonds. The van der Waals surface area contributed by atoms with Crippen LogP contribution in [0.25, 0.3) is 0 Å². The molecule has 3 rings (SSSR count). The van der Waals surface area contributed by atoms with Gasteiger partial charge in [0.25, 0.3) is 5.56 Å². The minimum absolute atomic E-state index is 0.632. The second-order valence-electron chi connectivity index (χ2n) is 12.1. The van der Waals surface area contributed by atoms with Gasteiger partial charge in [-0.1, -0.05) is 13.8 Å². The van der Waals surface area contributed by atoms with Crippen LogP contribution < -0.4 is 22.3 Å². The number of fused-ring (bicyclic) bond motifs is 1. The first-order valence-electron chi connectivity index (χ1n) is 15.0. The second-order valence-corrected chi connectivity index (χ2v) is 13.7. The van der Waals surface area contributed by atoms with E-state index in [-0.39, 0.29) is 0 Å². The van der Waals surface area contributed by atoms with Crippen molar-refractivity contribution in [2.24, 2.45) is 11.7 Å². The number of alkyl halides is 1. The lowest BCUT2D eigenvalue weighted by Gasteiger charge is -2.36. The molecule has 21 nitrogen and oxygen atoms in total. The van der Waals surface area contributed by atoms with Gasteiger partial charge in [0.05, 0.1) is 12.2 Å². The summed E-state index contributed by atoms with van der Waals surface area (Å²) in [5.41, 5.74) is -4.76. The lowest BCUT2D eigenvalue weighted by Crippen LogP contribution is -2.56. The molecule has 282 valence electrons. The highest BCUT2D eigenvalue weighted by Crippen LogP contribution is 2.73. The number of ether oxygens (including phenoxy) is 6. The second kappa shape index (κ2) is 15.4. The molecule has 1 aliphatic heterocycles. The summed E-state index contributed by atoms with van der Waals surface area (Å²) in [6, 6.07) is -1.77. The number of hydrogen-bond donors (Lipinski definition) is 4. The maximum atomic E-state index is 15.3. The summed E-state index contributed by atoms with van der Waals surface area (Å²) >= 11 is 0. The van der Waals surface area contributed by atoms with Crippen molar-refractivity contribution in [3.63, 3.8) is 0 Å². The molecule has 2 aliphatic rings. The third-order valence-corrected chi connectivity index (χ3v) is 8.66. The molecule has 6 atom stereocenters. The fraction of sp³-hybridized carbons (Fsp3) is 0.704. The van der Waals surface area contributed by atoms with Crippen LogP contribution in [-0.4, -0.2) is 100 Å². The summed E-state index contributed by atoms with van der Waals surface area (Å²) < 4.78 is 75.9. The zero-order valence-corrected chi connectivity index (χ0v) is 29.0. The molecular weight excluding hydrogens is 702 g/mol. The number of primary amides is 1. The van der Waals surface area contributed by atoms with Crippen LogP contribution in [0.4, 0.5) is 18.8 Å². The van der Waals surface area contributed by atoms with E-state index in [2.05, 4.69) is 5.32 Å². The number of esters is 1. The molecule has 0 spiro atoms. The summed E-state index contributed by atoms with van der Waals surface area (Å²) in [6.45, 7) is 5.88. The molecule has 2 fully saturated rings. The number of amides is 2. The maximum Gasteiger partial charge on any atom is 0.510 e. The maximum absolute atomic E-state index is 15.3. The van der Waals surface area contributed by atoms with Gasteiger partial charge in [-0.15, -0.1) is 0 Å². The number of nitrogens with two attached hydrogens (primary N) is 1. The van der Waals surface area contributed by atoms with Crippen LogP contribution in [0, 0.1) is 5.92 Å². The number of urea groups is 1. The lowest BCUT2D eigenvalue weighted by molar-refractivity contribution is -0.191. The number of hydrogen-bond acceptors (Lipinski definition) is 17. The largest absolute Gasteiger partial charge is 0.510 e. The van der Waals surface area contributed by atoms with Gasteiger partial charge in [0, 0.05) is 12.3 Å². The van der Waals surface area contributed by atoms with Crippen LogP contribution in [0.1, 0.15) is 54.7 Å². The molecule has 1 aromatic rings. The highest BCUT2D eigenvalue weighted by Gasteiger charge is 2.96. The van der Waals surface area contributed by atoms with Gasteiger partial charge in [-0.25, -0.2) is 42.0 Å². The van der Waals surface area contributed by atoms with E-state index in [1.165, 1.54) is 41.5 Å². The Hall–Kier alpha value is -4.08. The Morgan fingerprint density at radius 3 is 2.04 bits per heavy atom. The molecule has 0 bridgehead atoms. The van der Waals surface area contributed by atoms with Gasteiger partial charge in [0.1, 0.15) is 12.7 Å². The van der Waals surface area contributed by atoms with Gasteiger partial charge in [-0.3, -0.25) is 18.9 Å². The zero-order chi connectivity index (χ0) is 37.8. The van der Waals surface area contributed by atoms with Crippen molar-refractivity contribution in [1.29, 1.82) is 0 Å². The molecule has 2 unspecified atom stereocenters. The van der Waals surface area contributed by atoms with Crippen LogP contribution in [0.5, 0.6) is 0 Å². The molecule has 1 aliphatic carbocycles. The number of rotatable bonds is 16. The molecular formula is C27H40FN4O17P. The third-order valence-electron chi connectivity index (χ3n) is 7.35. The van der Waals surface area contributed by atoms with E-state index in [1.807, 2.05) is 4.98 Å². The molecule has 1 saturated heterocycles. The number of nitrogens with zero attached hydrogens (tertiary/aromatic N) is 1. The SMILES string of the molecule is CC(C)OC(=O)OCOP(=O)(OCOC(=O)OC(C)C)OC1[C@]2(OC(=O)C(NC(N)=O)C(C)C)[C@@](C)(O)[C@H](n3ccc(=O)[nH]c3=O)O[C@]12CF. The summed E-state index contributed by atoms with van der Waals surface area (Å²) in [5.74, 6) is -2.02. The number of aromatic amines is 1. The van der Waals surface area contributed by atoms with Crippen molar-refractivity contribution in [1.82, 2.24) is 14.9 Å². The number of carbonyl (C=O) groups excluding carboxylic acids is 4. The zero-order valence-electron chi connectivity index (χ0n) is 28.1. The van der Waals surface area contributed by atoms with Crippen LogP contribution in [0.3, 0.4) is 0 Å². The van der Waals surface area contributed by atoms with Gasteiger partial charge in [0.2, 0.25) is 19.2 Å². The fourth-order valence-electron chi connectivity index (χ4n) is 5.16. The van der Waals surface area contributed by atoms with Crippen molar-refractivity contribution >= 4 is 32.1 Å². The monoisotopic (exact) mass is 742 g/mol. The molecule has 1 aromatic heterocycles. The van der Waals surface area contributed by atoms with Crippen LogP contribution in [0.2, 0.25) is 0 Å². The molecule has 2 heterocycles. The number of phosphoric ester groups is 1. The Morgan fingerprint density at radius 1 is 1.06 bits per heavy atom. The van der Waals surface area contributed by atoms with Crippen molar-refractivity contribution < 1.29 is 75.2 Å². The minimum atomic E-state index is -5.24. The third kappa shape index (κ3) is 8.27. The van der Waals surface area contributed by atoms with E-state index >= 15 is 4.39 Å². The first-order valence-corrected chi connectivity index (χ1v) is 16.4. The van der Waals surface area contributed by atoms with E-state index in [9.17, 15) is 38.4 Å². The summed E-state index contributed by atoms with van der Waals surface area (Å²) in [6.07, 6.45) is -6.93. The van der Waals surface area contributed by atoms with E-state index in [0.29, 0.717) is 4.57 Å². The van der Waals surface area contributed by atoms with Gasteiger partial charge in [0.15, 0.2) is 23.5 Å². The van der Waals surface area contributed by atoms with Gasteiger partial charge in [-0.05, 0) is 40.5 Å². The lowest BCUT2D eigenvalue weighted by atomic mass is 9.93. The smallest absolute Gasteiger partial charge is 0.448 e. The van der Waals surface area contributed by atoms with E-state index in [0.717, 1.165) is 19.2 Å². The van der Waals surface area contributed by atoms with E-state index < -0.39 is 117 Å². The topological polar surface area (TPSA) is 282 Å². The standard InChI is InChI=1S/C27H40FN4O17P/c1-13(2)17(31-21(29)35)18(34)47-27-19(26(27,10-28)48-20(25(27,7)39)32-9-8-16(33)30-22(32)36)49-50(40,43-11-41-23(37)45-14(3)4)44-12-42-24(38)46-15(5)6/h8-9,13-15,17,19-20,39H,10-12H2,1-7H3,(H3,29,31,35)(H,30,33,36)/t17?,19?,20-,25+,26-,27+/m1/s1. The number of nitrogens with one attached hydrogen (secondary N) is 2. The van der Waals surface area contributed by atoms with Gasteiger partial charge >= 0.3 is 37.8 Å². The van der Waals surface area contributed by atoms with Crippen LogP contribution in [0.15, 0.2) is 21.9 Å². The van der Waals surface area contributed by atoms with Crippen LogP contribution >= 0.6 is 7.82 Å². The number of carbonyl (C=O) groups is 4. The fourth-order valence-corrected chi connectivity index (χ4v) is 6.30. The Kier molecular flexibility index (Phi) is 12.5. The van der Waals surface area contributed by atoms with E-state index in [4.69, 9.17) is 47.7 Å². The normalized spacial score (nSPS) is 26.2. The molecule has 23 heteroatoms. The highest BCUT2D eigenvalue weighted by molar-refractivity contribution is 7.48. The molecule has 1 saturated carbocycles. The molecule has 0 aromatic carbocycles. The number of aromatic nitrogens is 2. The summed E-state index contributed by atoms with van der Waals surface area (Å²) in [7, 11) is -5.24. The number of phosphoric acid groups is 1. The Morgan fingerprint density at radius 2 is 1.60 bits per heavy atom. The Balaban J connectivity index is 2.06. The Labute approximate surface area is 283 Å². The molecule has 5 N–H and O–H groups in total.